The molecule has 0 aliphatic carbocycles. The van der Waals surface area contributed by atoms with E-state index in [2.05, 4.69) is 0 Å². The number of aliphatic hydroxyl groups is 1. The SMILES string of the molecule is CCOc1ccc(/C(O)=C2/C(=O)C(=O)N(CCN(C)C)C2c2ccc([N+](=O)[O-])cc2)cc1Cl. The van der Waals surface area contributed by atoms with Gasteiger partial charge in [-0.3, -0.25) is 19.7 Å². The molecular weight excluding hydrogens is 450 g/mol. The van der Waals surface area contributed by atoms with Crippen LogP contribution >= 0.6 is 11.6 Å². The van der Waals surface area contributed by atoms with Crippen LogP contribution in [0.1, 0.15) is 24.1 Å². The molecule has 1 N–H and O–H groups in total. The third kappa shape index (κ3) is 4.99. The number of carbonyl (C=O) groups excluding carboxylic acids is 2. The number of amides is 1. The lowest BCUT2D eigenvalue weighted by atomic mass is 9.95. The highest BCUT2D eigenvalue weighted by Gasteiger charge is 2.46. The lowest BCUT2D eigenvalue weighted by molar-refractivity contribution is -0.384. The normalized spacial score (nSPS) is 17.6. The number of carbonyl (C=O) groups is 2. The molecule has 1 fully saturated rings. The number of ketones is 1. The zero-order valence-electron chi connectivity index (χ0n) is 18.4. The Balaban J connectivity index is 2.13. The summed E-state index contributed by atoms with van der Waals surface area (Å²) in [7, 11) is 3.67. The first-order valence-corrected chi connectivity index (χ1v) is 10.6. The Morgan fingerprint density at radius 2 is 1.88 bits per heavy atom. The minimum Gasteiger partial charge on any atom is -0.507 e. The number of hydrogen-bond acceptors (Lipinski definition) is 7. The topological polar surface area (TPSA) is 113 Å². The molecule has 174 valence electrons. The molecule has 1 unspecified atom stereocenters. The van der Waals surface area contributed by atoms with E-state index < -0.39 is 22.7 Å². The summed E-state index contributed by atoms with van der Waals surface area (Å²) in [6, 6.07) is 9.24. The van der Waals surface area contributed by atoms with Crippen molar-refractivity contribution in [1.29, 1.82) is 0 Å². The Morgan fingerprint density at radius 1 is 1.21 bits per heavy atom. The van der Waals surface area contributed by atoms with Crippen LogP contribution in [0, 0.1) is 10.1 Å². The maximum atomic E-state index is 13.0. The molecule has 1 atom stereocenters. The van der Waals surface area contributed by atoms with Crippen molar-refractivity contribution in [2.75, 3.05) is 33.8 Å². The van der Waals surface area contributed by atoms with Gasteiger partial charge in [0.1, 0.15) is 11.5 Å². The maximum Gasteiger partial charge on any atom is 0.295 e. The average molecular weight is 474 g/mol. The van der Waals surface area contributed by atoms with Gasteiger partial charge < -0.3 is 19.6 Å². The van der Waals surface area contributed by atoms with E-state index in [0.29, 0.717) is 24.5 Å². The van der Waals surface area contributed by atoms with E-state index in [-0.39, 0.29) is 34.2 Å². The van der Waals surface area contributed by atoms with Crippen molar-refractivity contribution >= 4 is 34.7 Å². The number of nitrogens with zero attached hydrogens (tertiary/aromatic N) is 3. The molecule has 1 saturated heterocycles. The number of hydrogen-bond donors (Lipinski definition) is 1. The van der Waals surface area contributed by atoms with Gasteiger partial charge in [0.25, 0.3) is 17.4 Å². The fourth-order valence-electron chi connectivity index (χ4n) is 3.62. The lowest BCUT2D eigenvalue weighted by Crippen LogP contribution is -2.35. The zero-order valence-corrected chi connectivity index (χ0v) is 19.2. The van der Waals surface area contributed by atoms with Crippen molar-refractivity contribution in [2.24, 2.45) is 0 Å². The number of Topliss-reactive ketones (excluding diaryl/α,β-unsaturated/α-hetero) is 1. The molecule has 0 spiro atoms. The number of nitro groups is 1. The Bertz CT molecular complexity index is 1110. The Hall–Kier alpha value is -3.43. The molecule has 1 aliphatic heterocycles. The molecule has 1 aliphatic rings. The molecule has 3 rings (SSSR count). The van der Waals surface area contributed by atoms with E-state index >= 15 is 0 Å². The molecule has 9 nitrogen and oxygen atoms in total. The monoisotopic (exact) mass is 473 g/mol. The van der Waals surface area contributed by atoms with Gasteiger partial charge in [0, 0.05) is 30.8 Å². The highest BCUT2D eigenvalue weighted by atomic mass is 35.5. The molecule has 1 amide bonds. The second-order valence-electron chi connectivity index (χ2n) is 7.72. The summed E-state index contributed by atoms with van der Waals surface area (Å²) in [6.07, 6.45) is 0. The van der Waals surface area contributed by atoms with E-state index in [0.717, 1.165) is 0 Å². The second-order valence-corrected chi connectivity index (χ2v) is 8.13. The Morgan fingerprint density at radius 3 is 2.42 bits per heavy atom. The summed E-state index contributed by atoms with van der Waals surface area (Å²) in [6.45, 7) is 2.91. The fraction of sp³-hybridized carbons (Fsp3) is 0.304. The number of benzene rings is 2. The number of non-ortho nitro benzene ring substituents is 1. The lowest BCUT2D eigenvalue weighted by Gasteiger charge is -2.26. The van der Waals surface area contributed by atoms with Crippen LogP contribution in [0.15, 0.2) is 48.0 Å². The number of ether oxygens (including phenoxy) is 1. The van der Waals surface area contributed by atoms with Crippen molar-refractivity contribution in [1.82, 2.24) is 9.80 Å². The highest BCUT2D eigenvalue weighted by Crippen LogP contribution is 2.40. The van der Waals surface area contributed by atoms with E-state index in [1.54, 1.807) is 12.1 Å². The van der Waals surface area contributed by atoms with Crippen LogP contribution in [0.2, 0.25) is 5.02 Å². The maximum absolute atomic E-state index is 13.0. The van der Waals surface area contributed by atoms with Crippen LogP contribution in [-0.4, -0.2) is 65.3 Å². The molecule has 10 heteroatoms. The summed E-state index contributed by atoms with van der Waals surface area (Å²) < 4.78 is 5.41. The van der Waals surface area contributed by atoms with Gasteiger partial charge in [0.2, 0.25) is 0 Å². The van der Waals surface area contributed by atoms with Gasteiger partial charge in [-0.05, 0) is 56.9 Å². The minimum absolute atomic E-state index is 0.104. The van der Waals surface area contributed by atoms with Gasteiger partial charge in [-0.15, -0.1) is 0 Å². The van der Waals surface area contributed by atoms with Crippen molar-refractivity contribution in [3.63, 3.8) is 0 Å². The first kappa shape index (κ1) is 24.2. The van der Waals surface area contributed by atoms with E-state index in [9.17, 15) is 24.8 Å². The van der Waals surface area contributed by atoms with E-state index in [1.807, 2.05) is 25.9 Å². The third-order valence-electron chi connectivity index (χ3n) is 5.25. The molecular formula is C23H24ClN3O6. The number of likely N-dealkylation sites (tertiary alicyclic amines) is 1. The van der Waals surface area contributed by atoms with E-state index in [1.165, 1.54) is 35.2 Å². The summed E-state index contributed by atoms with van der Waals surface area (Å²) in [4.78, 5) is 39.6. The number of likely N-dealkylation sites (N-methyl/N-ethyl adjacent to an activating group) is 1. The van der Waals surface area contributed by atoms with Gasteiger partial charge in [0.15, 0.2) is 0 Å². The van der Waals surface area contributed by atoms with Crippen LogP contribution in [0.25, 0.3) is 5.76 Å². The average Bonchev–Trinajstić information content (AvgIpc) is 3.03. The van der Waals surface area contributed by atoms with Crippen molar-refractivity contribution < 1.29 is 24.4 Å². The quantitative estimate of drug-likeness (QED) is 0.205. The van der Waals surface area contributed by atoms with Crippen LogP contribution in [0.3, 0.4) is 0 Å². The van der Waals surface area contributed by atoms with E-state index in [4.69, 9.17) is 16.3 Å². The fourth-order valence-corrected chi connectivity index (χ4v) is 3.85. The molecule has 0 bridgehead atoms. The van der Waals surface area contributed by atoms with Crippen molar-refractivity contribution in [3.8, 4) is 5.75 Å². The smallest absolute Gasteiger partial charge is 0.295 e. The second kappa shape index (κ2) is 10.0. The predicted octanol–water partition coefficient (Wildman–Crippen LogP) is 3.63. The summed E-state index contributed by atoms with van der Waals surface area (Å²) in [5.74, 6) is -1.54. The molecule has 2 aromatic rings. The van der Waals surface area contributed by atoms with Crippen LogP contribution in [0.5, 0.6) is 5.75 Å². The number of halogens is 1. The molecule has 2 aromatic carbocycles. The highest BCUT2D eigenvalue weighted by molar-refractivity contribution is 6.46. The Kier molecular flexibility index (Phi) is 7.35. The molecule has 0 radical (unpaired) electrons. The zero-order chi connectivity index (χ0) is 24.3. The largest absolute Gasteiger partial charge is 0.507 e. The van der Waals surface area contributed by atoms with Crippen LogP contribution < -0.4 is 4.74 Å². The van der Waals surface area contributed by atoms with Crippen LogP contribution in [-0.2, 0) is 9.59 Å². The van der Waals surface area contributed by atoms with Gasteiger partial charge in [-0.1, -0.05) is 11.6 Å². The minimum atomic E-state index is -0.906. The first-order chi connectivity index (χ1) is 15.6. The first-order valence-electron chi connectivity index (χ1n) is 10.3. The van der Waals surface area contributed by atoms with Gasteiger partial charge in [0.05, 0.1) is 28.2 Å². The number of rotatable bonds is 8. The molecule has 33 heavy (non-hydrogen) atoms. The van der Waals surface area contributed by atoms with Gasteiger partial charge in [-0.25, -0.2) is 0 Å². The number of aliphatic hydroxyl groups excluding tert-OH is 1. The molecule has 1 heterocycles. The van der Waals surface area contributed by atoms with Gasteiger partial charge in [-0.2, -0.15) is 0 Å². The van der Waals surface area contributed by atoms with Crippen molar-refractivity contribution in [3.05, 3.63) is 74.3 Å². The van der Waals surface area contributed by atoms with Crippen LogP contribution in [0.4, 0.5) is 5.69 Å². The van der Waals surface area contributed by atoms with Crippen molar-refractivity contribution in [2.45, 2.75) is 13.0 Å². The summed E-state index contributed by atoms with van der Waals surface area (Å²) >= 11 is 6.25. The number of nitro benzene ring substituents is 1. The third-order valence-corrected chi connectivity index (χ3v) is 5.55. The van der Waals surface area contributed by atoms with Gasteiger partial charge >= 0.3 is 0 Å². The molecule has 0 aromatic heterocycles. The standard InChI is InChI=1S/C23H24ClN3O6/c1-4-33-18-10-7-15(13-17(18)24)21(28)19-20(14-5-8-16(9-6-14)27(31)32)26(12-11-25(2)3)23(30)22(19)29/h5-10,13,20,28H,4,11-12H2,1-3H3/b21-19-. The summed E-state index contributed by atoms with van der Waals surface area (Å²) in [5, 5.41) is 22.4. The molecule has 0 saturated carbocycles. The Labute approximate surface area is 196 Å². The summed E-state index contributed by atoms with van der Waals surface area (Å²) in [5.41, 5.74) is 0.494. The predicted molar refractivity (Wildman–Crippen MR) is 123 cm³/mol.